The lowest BCUT2D eigenvalue weighted by atomic mass is 10.2. The summed E-state index contributed by atoms with van der Waals surface area (Å²) in [5, 5.41) is 1.18. The Balaban J connectivity index is 2.88. The van der Waals surface area contributed by atoms with Crippen LogP contribution < -0.4 is 10.8 Å². The van der Waals surface area contributed by atoms with Crippen molar-refractivity contribution in [1.29, 1.82) is 0 Å². The van der Waals surface area contributed by atoms with Crippen molar-refractivity contribution < 1.29 is 9.63 Å². The molecule has 0 atom stereocenters. The van der Waals surface area contributed by atoms with Crippen molar-refractivity contribution in [3.63, 3.8) is 0 Å². The highest BCUT2D eigenvalue weighted by Gasteiger charge is 2.17. The first kappa shape index (κ1) is 11.5. The van der Waals surface area contributed by atoms with Gasteiger partial charge in [-0.1, -0.05) is 6.07 Å². The summed E-state index contributed by atoms with van der Waals surface area (Å²) in [5.41, 5.74) is 6.41. The van der Waals surface area contributed by atoms with Crippen LogP contribution in [0.5, 0.6) is 0 Å². The molecule has 0 heterocycles. The van der Waals surface area contributed by atoms with E-state index in [1.165, 1.54) is 5.06 Å². The summed E-state index contributed by atoms with van der Waals surface area (Å²) in [6, 6.07) is 6.97. The van der Waals surface area contributed by atoms with E-state index < -0.39 is 5.60 Å². The van der Waals surface area contributed by atoms with Gasteiger partial charge in [0.2, 0.25) is 6.41 Å². The fourth-order valence-corrected chi connectivity index (χ4v) is 1.09. The Bertz CT molecular complexity index is 345. The Morgan fingerprint density at radius 1 is 1.40 bits per heavy atom. The predicted molar refractivity (Wildman–Crippen MR) is 60.2 cm³/mol. The van der Waals surface area contributed by atoms with E-state index >= 15 is 0 Å². The van der Waals surface area contributed by atoms with Gasteiger partial charge >= 0.3 is 0 Å². The minimum Gasteiger partial charge on any atom is -0.399 e. The van der Waals surface area contributed by atoms with Gasteiger partial charge in [-0.05, 0) is 39.0 Å². The van der Waals surface area contributed by atoms with Crippen molar-refractivity contribution in [2.75, 3.05) is 10.8 Å². The molecule has 0 spiro atoms. The molecule has 0 radical (unpaired) electrons. The molecule has 0 aliphatic rings. The van der Waals surface area contributed by atoms with E-state index in [0.29, 0.717) is 17.8 Å². The van der Waals surface area contributed by atoms with Gasteiger partial charge in [-0.2, -0.15) is 5.06 Å². The molecule has 0 aliphatic carbocycles. The first-order valence-electron chi connectivity index (χ1n) is 4.71. The lowest BCUT2D eigenvalue weighted by molar-refractivity contribution is -0.120. The number of hydrogen-bond acceptors (Lipinski definition) is 3. The summed E-state index contributed by atoms with van der Waals surface area (Å²) >= 11 is 0. The van der Waals surface area contributed by atoms with E-state index in [0.717, 1.165) is 0 Å². The van der Waals surface area contributed by atoms with Gasteiger partial charge in [0.1, 0.15) is 0 Å². The SMILES string of the molecule is CC(C)(C)ON(C=O)c1cccc(N)c1. The molecule has 1 aromatic rings. The van der Waals surface area contributed by atoms with Crippen LogP contribution >= 0.6 is 0 Å². The third kappa shape index (κ3) is 3.59. The van der Waals surface area contributed by atoms with Gasteiger partial charge in [0.15, 0.2) is 0 Å². The molecule has 0 saturated carbocycles. The molecule has 1 rings (SSSR count). The average Bonchev–Trinajstić information content (AvgIpc) is 2.13. The second-order valence-electron chi connectivity index (χ2n) is 4.23. The second kappa shape index (κ2) is 4.31. The topological polar surface area (TPSA) is 55.6 Å². The molecule has 1 amide bonds. The van der Waals surface area contributed by atoms with E-state index in [9.17, 15) is 4.79 Å². The zero-order chi connectivity index (χ0) is 11.5. The van der Waals surface area contributed by atoms with Crippen LogP contribution in [0.3, 0.4) is 0 Å². The summed E-state index contributed by atoms with van der Waals surface area (Å²) in [7, 11) is 0. The van der Waals surface area contributed by atoms with Crippen molar-refractivity contribution >= 4 is 17.8 Å². The molecule has 0 saturated heterocycles. The largest absolute Gasteiger partial charge is 0.399 e. The average molecular weight is 208 g/mol. The third-order valence-corrected chi connectivity index (χ3v) is 1.59. The highest BCUT2D eigenvalue weighted by Crippen LogP contribution is 2.20. The zero-order valence-corrected chi connectivity index (χ0v) is 9.23. The number of nitrogens with two attached hydrogens (primary N) is 1. The quantitative estimate of drug-likeness (QED) is 0.469. The minimum atomic E-state index is -0.425. The molecule has 82 valence electrons. The highest BCUT2D eigenvalue weighted by molar-refractivity contribution is 5.73. The number of benzene rings is 1. The standard InChI is InChI=1S/C11H16N2O2/c1-11(2,3)15-13(8-14)10-6-4-5-9(12)7-10/h4-8H,12H2,1-3H3. The molecular formula is C11H16N2O2. The lowest BCUT2D eigenvalue weighted by Crippen LogP contribution is -2.33. The Morgan fingerprint density at radius 3 is 2.53 bits per heavy atom. The number of hydroxylamine groups is 1. The molecule has 1 aromatic carbocycles. The molecular weight excluding hydrogens is 192 g/mol. The van der Waals surface area contributed by atoms with Crippen molar-refractivity contribution in [2.24, 2.45) is 0 Å². The van der Waals surface area contributed by atoms with Crippen LogP contribution in [0.25, 0.3) is 0 Å². The van der Waals surface area contributed by atoms with Gasteiger partial charge in [0.05, 0.1) is 11.3 Å². The zero-order valence-electron chi connectivity index (χ0n) is 9.23. The normalized spacial score (nSPS) is 11.1. The smallest absolute Gasteiger partial charge is 0.238 e. The van der Waals surface area contributed by atoms with E-state index in [2.05, 4.69) is 0 Å². The fraction of sp³-hybridized carbons (Fsp3) is 0.364. The van der Waals surface area contributed by atoms with Gasteiger partial charge in [-0.3, -0.25) is 9.63 Å². The van der Waals surface area contributed by atoms with E-state index in [4.69, 9.17) is 10.6 Å². The van der Waals surface area contributed by atoms with Gasteiger partial charge in [0.25, 0.3) is 0 Å². The Morgan fingerprint density at radius 2 is 2.07 bits per heavy atom. The van der Waals surface area contributed by atoms with Crippen molar-refractivity contribution in [3.05, 3.63) is 24.3 Å². The summed E-state index contributed by atoms with van der Waals surface area (Å²) in [6.45, 7) is 5.61. The first-order chi connectivity index (χ1) is 6.92. The fourth-order valence-electron chi connectivity index (χ4n) is 1.09. The maximum atomic E-state index is 10.9. The van der Waals surface area contributed by atoms with Crippen LogP contribution in [-0.4, -0.2) is 12.0 Å². The maximum absolute atomic E-state index is 10.9. The van der Waals surface area contributed by atoms with Gasteiger partial charge < -0.3 is 5.73 Å². The van der Waals surface area contributed by atoms with Gasteiger partial charge in [0, 0.05) is 5.69 Å². The third-order valence-electron chi connectivity index (χ3n) is 1.59. The molecule has 2 N–H and O–H groups in total. The lowest BCUT2D eigenvalue weighted by Gasteiger charge is -2.26. The Labute approximate surface area is 89.6 Å². The van der Waals surface area contributed by atoms with Crippen molar-refractivity contribution in [3.8, 4) is 0 Å². The van der Waals surface area contributed by atoms with Crippen LogP contribution in [-0.2, 0) is 9.63 Å². The number of amides is 1. The van der Waals surface area contributed by atoms with Crippen LogP contribution in [0.1, 0.15) is 20.8 Å². The molecule has 0 unspecified atom stereocenters. The number of hydrogen-bond donors (Lipinski definition) is 1. The van der Waals surface area contributed by atoms with E-state index in [1.54, 1.807) is 24.3 Å². The first-order valence-corrected chi connectivity index (χ1v) is 4.71. The van der Waals surface area contributed by atoms with Gasteiger partial charge in [-0.15, -0.1) is 0 Å². The number of carbonyl (C=O) groups is 1. The molecule has 15 heavy (non-hydrogen) atoms. The number of nitrogen functional groups attached to an aromatic ring is 1. The van der Waals surface area contributed by atoms with E-state index in [1.807, 2.05) is 20.8 Å². The number of rotatable bonds is 3. The van der Waals surface area contributed by atoms with Crippen molar-refractivity contribution in [1.82, 2.24) is 0 Å². The Kier molecular flexibility index (Phi) is 3.31. The number of nitrogens with zero attached hydrogens (tertiary/aromatic N) is 1. The summed E-state index contributed by atoms with van der Waals surface area (Å²) in [6.07, 6.45) is 0.625. The van der Waals surface area contributed by atoms with E-state index in [-0.39, 0.29) is 0 Å². The molecule has 0 fully saturated rings. The number of anilines is 2. The van der Waals surface area contributed by atoms with Crippen LogP contribution in [0.15, 0.2) is 24.3 Å². The molecule has 4 heteroatoms. The summed E-state index contributed by atoms with van der Waals surface area (Å²) < 4.78 is 0. The number of carbonyl (C=O) groups excluding carboxylic acids is 1. The molecule has 0 bridgehead atoms. The minimum absolute atomic E-state index is 0.425. The van der Waals surface area contributed by atoms with Crippen LogP contribution in [0.2, 0.25) is 0 Å². The second-order valence-corrected chi connectivity index (χ2v) is 4.23. The monoisotopic (exact) mass is 208 g/mol. The van der Waals surface area contributed by atoms with Crippen LogP contribution in [0.4, 0.5) is 11.4 Å². The molecule has 0 aliphatic heterocycles. The maximum Gasteiger partial charge on any atom is 0.238 e. The molecule has 0 aromatic heterocycles. The summed E-state index contributed by atoms with van der Waals surface area (Å²) in [5.74, 6) is 0. The summed E-state index contributed by atoms with van der Waals surface area (Å²) in [4.78, 5) is 16.3. The van der Waals surface area contributed by atoms with Gasteiger partial charge in [-0.25, -0.2) is 0 Å². The van der Waals surface area contributed by atoms with Crippen LogP contribution in [0, 0.1) is 0 Å². The van der Waals surface area contributed by atoms with Crippen molar-refractivity contribution in [2.45, 2.75) is 26.4 Å². The predicted octanol–water partition coefficient (Wildman–Crippen LogP) is 1.96. The highest BCUT2D eigenvalue weighted by atomic mass is 16.7. The Hall–Kier alpha value is -1.55. The molecule has 4 nitrogen and oxygen atoms in total.